The lowest BCUT2D eigenvalue weighted by molar-refractivity contribution is -0.142. The van der Waals surface area contributed by atoms with Gasteiger partial charge in [0.05, 0.1) is 11.7 Å². The van der Waals surface area contributed by atoms with E-state index in [-0.39, 0.29) is 33.5 Å². The van der Waals surface area contributed by atoms with Gasteiger partial charge >= 0.3 is 0 Å². The van der Waals surface area contributed by atoms with Crippen molar-refractivity contribution in [2.75, 3.05) is 0 Å². The minimum Gasteiger partial charge on any atom is -0.390 e. The van der Waals surface area contributed by atoms with Crippen LogP contribution in [0.4, 0.5) is 0 Å². The second-order valence-electron chi connectivity index (χ2n) is 13.9. The minimum absolute atomic E-state index is 0.0149. The molecule has 3 saturated carbocycles. The number of rotatable bonds is 5. The molecule has 3 fully saturated rings. The monoisotopic (exact) mass is 470 g/mol. The lowest BCUT2D eigenvalue weighted by Gasteiger charge is -2.63. The van der Waals surface area contributed by atoms with Crippen LogP contribution < -0.4 is 0 Å². The number of allylic oxidation sites excluding steroid dienone is 4. The number of carbonyl (C=O) groups is 2. The fraction of sp³-hybridized carbons (Fsp3) is 0.800. The third kappa shape index (κ3) is 3.45. The maximum absolute atomic E-state index is 13.5. The highest BCUT2D eigenvalue weighted by molar-refractivity contribution is 5.90. The lowest BCUT2D eigenvalue weighted by Crippen LogP contribution is -2.57. The molecule has 0 unspecified atom stereocenters. The highest BCUT2D eigenvalue weighted by Gasteiger charge is 2.66. The molecule has 0 spiro atoms. The number of hydrogen-bond donors (Lipinski definition) is 2. The molecule has 4 aliphatic rings. The number of aliphatic hydroxyl groups is 2. The Kier molecular flexibility index (Phi) is 5.98. The summed E-state index contributed by atoms with van der Waals surface area (Å²) in [7, 11) is 0. The van der Waals surface area contributed by atoms with Gasteiger partial charge in [0.2, 0.25) is 0 Å². The highest BCUT2D eigenvalue weighted by Crippen LogP contribution is 2.72. The van der Waals surface area contributed by atoms with Crippen LogP contribution in [0.5, 0.6) is 0 Å². The maximum Gasteiger partial charge on any atom is 0.141 e. The van der Waals surface area contributed by atoms with Gasteiger partial charge in [0.1, 0.15) is 11.6 Å². The molecule has 190 valence electrons. The van der Waals surface area contributed by atoms with E-state index in [2.05, 4.69) is 53.7 Å². The highest BCUT2D eigenvalue weighted by atomic mass is 16.3. The fourth-order valence-electron chi connectivity index (χ4n) is 8.62. The summed E-state index contributed by atoms with van der Waals surface area (Å²) in [4.78, 5) is 26.4. The Morgan fingerprint density at radius 1 is 1.03 bits per heavy atom. The number of aliphatic hydroxyl groups excluding tert-OH is 1. The second-order valence-corrected chi connectivity index (χ2v) is 13.9. The van der Waals surface area contributed by atoms with Gasteiger partial charge in [0.25, 0.3) is 0 Å². The van der Waals surface area contributed by atoms with E-state index in [0.29, 0.717) is 43.2 Å². The van der Waals surface area contributed by atoms with Crippen LogP contribution in [0.15, 0.2) is 23.3 Å². The predicted molar refractivity (Wildman–Crippen MR) is 135 cm³/mol. The summed E-state index contributed by atoms with van der Waals surface area (Å²) in [6.07, 6.45) is 9.14. The molecule has 4 nitrogen and oxygen atoms in total. The lowest BCUT2D eigenvalue weighted by atomic mass is 9.40. The molecular weight excluding hydrogens is 424 g/mol. The first-order valence-electron chi connectivity index (χ1n) is 13.4. The Labute approximate surface area is 206 Å². The first-order chi connectivity index (χ1) is 15.5. The summed E-state index contributed by atoms with van der Waals surface area (Å²) in [6.45, 7) is 16.8. The Balaban J connectivity index is 1.68. The molecule has 7 atom stereocenters. The smallest absolute Gasteiger partial charge is 0.141 e. The van der Waals surface area contributed by atoms with Crippen LogP contribution in [0, 0.1) is 39.4 Å². The van der Waals surface area contributed by atoms with Gasteiger partial charge in [0, 0.05) is 29.6 Å². The van der Waals surface area contributed by atoms with Gasteiger partial charge in [-0.2, -0.15) is 0 Å². The topological polar surface area (TPSA) is 74.6 Å². The van der Waals surface area contributed by atoms with Crippen LogP contribution in [0.3, 0.4) is 0 Å². The molecule has 4 aliphatic carbocycles. The summed E-state index contributed by atoms with van der Waals surface area (Å²) in [6, 6.07) is 0. The minimum atomic E-state index is -1.13. The van der Waals surface area contributed by atoms with Crippen molar-refractivity contribution in [2.45, 2.75) is 112 Å². The van der Waals surface area contributed by atoms with Crippen LogP contribution in [-0.2, 0) is 9.59 Å². The molecule has 0 amide bonds. The van der Waals surface area contributed by atoms with Crippen molar-refractivity contribution in [1.82, 2.24) is 0 Å². The number of hydrogen-bond acceptors (Lipinski definition) is 4. The summed E-state index contributed by atoms with van der Waals surface area (Å²) < 4.78 is 0. The number of Topliss-reactive ketones (excluding diaryl/α,β-unsaturated/α-hetero) is 2. The van der Waals surface area contributed by atoms with Crippen molar-refractivity contribution in [2.24, 2.45) is 39.4 Å². The molecule has 0 radical (unpaired) electrons. The number of carbonyl (C=O) groups excluding carboxylic acids is 2. The molecule has 0 aliphatic heterocycles. The zero-order chi connectivity index (χ0) is 25.5. The summed E-state index contributed by atoms with van der Waals surface area (Å²) in [5.74, 6) is 1.06. The third-order valence-corrected chi connectivity index (χ3v) is 11.1. The molecule has 0 saturated heterocycles. The van der Waals surface area contributed by atoms with Crippen LogP contribution in [0.1, 0.15) is 100 Å². The van der Waals surface area contributed by atoms with Crippen molar-refractivity contribution in [3.8, 4) is 0 Å². The Morgan fingerprint density at radius 2 is 1.68 bits per heavy atom. The van der Waals surface area contributed by atoms with E-state index in [9.17, 15) is 19.8 Å². The molecule has 34 heavy (non-hydrogen) atoms. The average Bonchev–Trinajstić information content (AvgIpc) is 2.99. The van der Waals surface area contributed by atoms with Gasteiger partial charge < -0.3 is 10.2 Å². The van der Waals surface area contributed by atoms with E-state index in [4.69, 9.17) is 0 Å². The zero-order valence-corrected chi connectivity index (χ0v) is 22.6. The van der Waals surface area contributed by atoms with E-state index < -0.39 is 11.7 Å². The van der Waals surface area contributed by atoms with Crippen molar-refractivity contribution >= 4 is 11.6 Å². The van der Waals surface area contributed by atoms with Crippen LogP contribution in [0.2, 0.25) is 0 Å². The van der Waals surface area contributed by atoms with E-state index in [1.54, 1.807) is 13.8 Å². The van der Waals surface area contributed by atoms with Gasteiger partial charge in [-0.1, -0.05) is 64.8 Å². The van der Waals surface area contributed by atoms with E-state index >= 15 is 0 Å². The van der Waals surface area contributed by atoms with Crippen molar-refractivity contribution in [3.63, 3.8) is 0 Å². The van der Waals surface area contributed by atoms with Gasteiger partial charge in [0.15, 0.2) is 0 Å². The molecule has 0 aromatic rings. The largest absolute Gasteiger partial charge is 0.390 e. The van der Waals surface area contributed by atoms with Crippen LogP contribution >= 0.6 is 0 Å². The van der Waals surface area contributed by atoms with Gasteiger partial charge in [-0.25, -0.2) is 0 Å². The summed E-state index contributed by atoms with van der Waals surface area (Å²) >= 11 is 0. The zero-order valence-electron chi connectivity index (χ0n) is 22.6. The molecule has 0 heterocycles. The second kappa shape index (κ2) is 7.87. The van der Waals surface area contributed by atoms with Crippen molar-refractivity contribution in [3.05, 3.63) is 23.3 Å². The first kappa shape index (κ1) is 25.8. The Morgan fingerprint density at radius 3 is 2.29 bits per heavy atom. The number of fused-ring (bicyclic) bond motifs is 5. The van der Waals surface area contributed by atoms with Crippen molar-refractivity contribution < 1.29 is 19.8 Å². The SMILES string of the molecule is C[C@H](CC[C@H](O)C(C)(C)O)[C@H]1C(=O)C[C@@]2(C)C1=CC=C1[C@]2(C)CC[C@H]2C(C)(C)C(=O)CC[C@]12C. The average molecular weight is 471 g/mol. The van der Waals surface area contributed by atoms with E-state index in [1.807, 2.05) is 0 Å². The molecule has 2 N–H and O–H groups in total. The Hall–Kier alpha value is -1.26. The van der Waals surface area contributed by atoms with Gasteiger partial charge in [-0.3, -0.25) is 9.59 Å². The molecule has 0 bridgehead atoms. The summed E-state index contributed by atoms with van der Waals surface area (Å²) in [5.41, 5.74) is 0.982. The van der Waals surface area contributed by atoms with Crippen molar-refractivity contribution in [1.29, 1.82) is 0 Å². The quantitative estimate of drug-likeness (QED) is 0.532. The van der Waals surface area contributed by atoms with Crippen LogP contribution in [-0.4, -0.2) is 33.5 Å². The van der Waals surface area contributed by atoms with E-state index in [1.165, 1.54) is 11.1 Å². The van der Waals surface area contributed by atoms with Crippen LogP contribution in [0.25, 0.3) is 0 Å². The predicted octanol–water partition coefficient (Wildman–Crippen LogP) is 5.81. The standard InChI is InChI=1S/C30H46O4/c1-18(9-12-24(33)27(4,5)34)25-19-10-11-22-28(6)15-14-23(32)26(2,3)21(28)13-16-29(22,7)30(19,8)17-20(25)31/h10-11,18,21,24-25,33-34H,9,12-17H2,1-8H3/t18-,21+,24+,25-,28+,29+,30+/m1/s1. The molecular formula is C30H46O4. The molecule has 0 aromatic heterocycles. The molecule has 0 aromatic carbocycles. The Bertz CT molecular complexity index is 949. The summed E-state index contributed by atoms with van der Waals surface area (Å²) in [5, 5.41) is 20.5. The molecule has 4 heteroatoms. The number of ketones is 2. The third-order valence-electron chi connectivity index (χ3n) is 11.1. The normalized spacial score (nSPS) is 41.1. The fourth-order valence-corrected chi connectivity index (χ4v) is 8.62. The van der Waals surface area contributed by atoms with Gasteiger partial charge in [-0.05, 0) is 68.6 Å². The molecule has 4 rings (SSSR count). The van der Waals surface area contributed by atoms with Gasteiger partial charge in [-0.15, -0.1) is 0 Å². The van der Waals surface area contributed by atoms with E-state index in [0.717, 1.165) is 19.3 Å². The maximum atomic E-state index is 13.5. The first-order valence-corrected chi connectivity index (χ1v) is 13.4.